The first kappa shape index (κ1) is 18.7. The van der Waals surface area contributed by atoms with E-state index in [0.717, 1.165) is 30.5 Å². The van der Waals surface area contributed by atoms with Crippen molar-refractivity contribution in [2.45, 2.75) is 6.42 Å². The van der Waals surface area contributed by atoms with Crippen molar-refractivity contribution in [2.75, 3.05) is 36.4 Å². The van der Waals surface area contributed by atoms with Crippen molar-refractivity contribution in [1.82, 2.24) is 14.3 Å². The maximum Gasteiger partial charge on any atom is 0.321 e. The number of carbonyl (C=O) groups is 1. The highest BCUT2D eigenvalue weighted by Gasteiger charge is 2.23. The number of piperazine rings is 1. The standard InChI is InChI=1S/C20H20ClN5OS/c21-16-7-4-8-17(14-16)22-19(27)25-9-11-26(12-10-25)20-23-18(24-28-20)13-15-5-2-1-3-6-15/h1-8,14H,9-13H2,(H,22,27). The van der Waals surface area contributed by atoms with Crippen molar-refractivity contribution < 1.29 is 4.79 Å². The number of hydrogen-bond acceptors (Lipinski definition) is 5. The van der Waals surface area contributed by atoms with Crippen LogP contribution in [0, 0.1) is 0 Å². The number of nitrogens with zero attached hydrogens (tertiary/aromatic N) is 4. The number of urea groups is 1. The van der Waals surface area contributed by atoms with Crippen molar-refractivity contribution in [3.8, 4) is 0 Å². The summed E-state index contributed by atoms with van der Waals surface area (Å²) >= 11 is 7.39. The fourth-order valence-corrected chi connectivity index (χ4v) is 4.02. The van der Waals surface area contributed by atoms with Gasteiger partial charge in [-0.2, -0.15) is 4.37 Å². The molecule has 2 aromatic carbocycles. The maximum atomic E-state index is 12.5. The molecule has 0 unspecified atom stereocenters. The second kappa shape index (κ2) is 8.58. The molecule has 0 saturated carbocycles. The molecule has 4 rings (SSSR count). The van der Waals surface area contributed by atoms with Crippen molar-refractivity contribution in [1.29, 1.82) is 0 Å². The third-order valence-corrected chi connectivity index (χ3v) is 5.63. The predicted molar refractivity (Wildman–Crippen MR) is 113 cm³/mol. The van der Waals surface area contributed by atoms with Crippen LogP contribution in [0.2, 0.25) is 5.02 Å². The topological polar surface area (TPSA) is 61.4 Å². The van der Waals surface area contributed by atoms with Gasteiger partial charge in [0.05, 0.1) is 0 Å². The lowest BCUT2D eigenvalue weighted by molar-refractivity contribution is 0.208. The van der Waals surface area contributed by atoms with Crippen LogP contribution >= 0.6 is 23.1 Å². The minimum Gasteiger partial charge on any atom is -0.343 e. The van der Waals surface area contributed by atoms with Crippen LogP contribution in [0.5, 0.6) is 0 Å². The van der Waals surface area contributed by atoms with Crippen LogP contribution in [0.1, 0.15) is 11.4 Å². The number of rotatable bonds is 4. The molecule has 0 spiro atoms. The minimum absolute atomic E-state index is 0.107. The lowest BCUT2D eigenvalue weighted by Crippen LogP contribution is -2.50. The van der Waals surface area contributed by atoms with Gasteiger partial charge in [-0.1, -0.05) is 48.0 Å². The third kappa shape index (κ3) is 4.61. The summed E-state index contributed by atoms with van der Waals surface area (Å²) in [6, 6.07) is 17.3. The molecule has 1 aliphatic rings. The van der Waals surface area contributed by atoms with Gasteiger partial charge in [0.25, 0.3) is 0 Å². The molecule has 1 fully saturated rings. The van der Waals surface area contributed by atoms with E-state index in [4.69, 9.17) is 11.6 Å². The summed E-state index contributed by atoms with van der Waals surface area (Å²) in [7, 11) is 0. The summed E-state index contributed by atoms with van der Waals surface area (Å²) in [6.07, 6.45) is 0.735. The molecule has 6 nitrogen and oxygen atoms in total. The number of aromatic nitrogens is 2. The summed E-state index contributed by atoms with van der Waals surface area (Å²) in [5, 5.41) is 4.42. The summed E-state index contributed by atoms with van der Waals surface area (Å²) in [4.78, 5) is 21.1. The Hall–Kier alpha value is -2.64. The average molecular weight is 414 g/mol. The van der Waals surface area contributed by atoms with Crippen molar-refractivity contribution in [2.24, 2.45) is 0 Å². The predicted octanol–water partition coefficient (Wildman–Crippen LogP) is 4.14. The number of hydrogen-bond donors (Lipinski definition) is 1. The summed E-state index contributed by atoms with van der Waals surface area (Å²) < 4.78 is 4.49. The molecular formula is C20H20ClN5OS. The molecule has 0 aliphatic carbocycles. The van der Waals surface area contributed by atoms with Crippen LogP contribution in [-0.4, -0.2) is 46.5 Å². The molecule has 1 aromatic heterocycles. The normalized spacial score (nSPS) is 14.2. The second-order valence-corrected chi connectivity index (χ2v) is 7.74. The Morgan fingerprint density at radius 2 is 1.86 bits per heavy atom. The molecule has 1 N–H and O–H groups in total. The highest BCUT2D eigenvalue weighted by Crippen LogP contribution is 2.21. The van der Waals surface area contributed by atoms with Crippen LogP contribution in [0.25, 0.3) is 0 Å². The number of anilines is 2. The van der Waals surface area contributed by atoms with E-state index < -0.39 is 0 Å². The minimum atomic E-state index is -0.107. The molecule has 144 valence electrons. The SMILES string of the molecule is O=C(Nc1cccc(Cl)c1)N1CCN(c2nc(Cc3ccccc3)ns2)CC1. The monoisotopic (exact) mass is 413 g/mol. The zero-order chi connectivity index (χ0) is 19.3. The van der Waals surface area contributed by atoms with Gasteiger partial charge in [0.2, 0.25) is 5.13 Å². The Labute approximate surface area is 172 Å². The highest BCUT2D eigenvalue weighted by molar-refractivity contribution is 7.09. The molecule has 0 bridgehead atoms. The first-order valence-electron chi connectivity index (χ1n) is 9.10. The second-order valence-electron chi connectivity index (χ2n) is 6.57. The van der Waals surface area contributed by atoms with Crippen molar-refractivity contribution in [3.05, 3.63) is 71.0 Å². The van der Waals surface area contributed by atoms with Gasteiger partial charge < -0.3 is 15.1 Å². The van der Waals surface area contributed by atoms with Crippen LogP contribution < -0.4 is 10.2 Å². The maximum absolute atomic E-state index is 12.5. The summed E-state index contributed by atoms with van der Waals surface area (Å²) in [6.45, 7) is 2.76. The summed E-state index contributed by atoms with van der Waals surface area (Å²) in [5.41, 5.74) is 1.91. The third-order valence-electron chi connectivity index (χ3n) is 4.58. The van der Waals surface area contributed by atoms with E-state index in [1.165, 1.54) is 17.1 Å². The lowest BCUT2D eigenvalue weighted by atomic mass is 10.1. The molecule has 1 aliphatic heterocycles. The quantitative estimate of drug-likeness (QED) is 0.698. The van der Waals surface area contributed by atoms with Crippen molar-refractivity contribution in [3.63, 3.8) is 0 Å². The molecule has 2 heterocycles. The van der Waals surface area contributed by atoms with E-state index in [-0.39, 0.29) is 6.03 Å². The number of halogens is 1. The van der Waals surface area contributed by atoms with Gasteiger partial charge in [0.15, 0.2) is 0 Å². The Kier molecular flexibility index (Phi) is 5.73. The van der Waals surface area contributed by atoms with Crippen LogP contribution in [-0.2, 0) is 6.42 Å². The summed E-state index contributed by atoms with van der Waals surface area (Å²) in [5.74, 6) is 0.840. The van der Waals surface area contributed by atoms with Gasteiger partial charge >= 0.3 is 6.03 Å². The van der Waals surface area contributed by atoms with Crippen LogP contribution in [0.3, 0.4) is 0 Å². The molecule has 3 aromatic rings. The first-order chi connectivity index (χ1) is 13.7. The van der Waals surface area contributed by atoms with E-state index in [2.05, 4.69) is 31.7 Å². The molecule has 1 saturated heterocycles. The fourth-order valence-electron chi connectivity index (χ4n) is 3.09. The van der Waals surface area contributed by atoms with Gasteiger partial charge in [0, 0.05) is 54.8 Å². The zero-order valence-corrected chi connectivity index (χ0v) is 16.8. The molecule has 0 atom stereocenters. The Morgan fingerprint density at radius 3 is 2.61 bits per heavy atom. The van der Waals surface area contributed by atoms with E-state index in [9.17, 15) is 4.79 Å². The van der Waals surface area contributed by atoms with Gasteiger partial charge in [-0.3, -0.25) is 0 Å². The lowest BCUT2D eigenvalue weighted by Gasteiger charge is -2.34. The van der Waals surface area contributed by atoms with E-state index in [0.29, 0.717) is 23.8 Å². The number of amides is 2. The van der Waals surface area contributed by atoms with Gasteiger partial charge in [-0.25, -0.2) is 9.78 Å². The highest BCUT2D eigenvalue weighted by atomic mass is 35.5. The van der Waals surface area contributed by atoms with Crippen LogP contribution in [0.15, 0.2) is 54.6 Å². The average Bonchev–Trinajstić information content (AvgIpc) is 3.17. The molecule has 0 radical (unpaired) electrons. The number of carbonyl (C=O) groups excluding carboxylic acids is 1. The molecular weight excluding hydrogens is 394 g/mol. The van der Waals surface area contributed by atoms with E-state index >= 15 is 0 Å². The fraction of sp³-hybridized carbons (Fsp3) is 0.250. The molecule has 28 heavy (non-hydrogen) atoms. The van der Waals surface area contributed by atoms with Crippen LogP contribution in [0.4, 0.5) is 15.6 Å². The van der Waals surface area contributed by atoms with Gasteiger partial charge in [-0.05, 0) is 23.8 Å². The van der Waals surface area contributed by atoms with E-state index in [1.807, 2.05) is 35.2 Å². The molecule has 2 amide bonds. The number of benzene rings is 2. The van der Waals surface area contributed by atoms with Gasteiger partial charge in [-0.15, -0.1) is 0 Å². The Bertz CT molecular complexity index is 941. The van der Waals surface area contributed by atoms with Gasteiger partial charge in [0.1, 0.15) is 5.82 Å². The zero-order valence-electron chi connectivity index (χ0n) is 15.2. The first-order valence-corrected chi connectivity index (χ1v) is 10.3. The molecule has 8 heteroatoms. The van der Waals surface area contributed by atoms with Crippen molar-refractivity contribution >= 4 is 40.0 Å². The Morgan fingerprint density at radius 1 is 1.07 bits per heavy atom. The largest absolute Gasteiger partial charge is 0.343 e. The number of nitrogens with one attached hydrogen (secondary N) is 1. The van der Waals surface area contributed by atoms with E-state index in [1.54, 1.807) is 12.1 Å². The Balaban J connectivity index is 1.31. The smallest absolute Gasteiger partial charge is 0.321 e.